The topological polar surface area (TPSA) is 104 Å². The molecule has 0 atom stereocenters. The minimum Gasteiger partial charge on any atom is -0.457 e. The molecule has 0 spiro atoms. The third-order valence-electron chi connectivity index (χ3n) is 5.71. The lowest BCUT2D eigenvalue weighted by atomic mass is 9.91. The van der Waals surface area contributed by atoms with Crippen molar-refractivity contribution in [3.05, 3.63) is 95.8 Å². The zero-order chi connectivity index (χ0) is 24.1. The number of carbonyl (C=O) groups excluding carboxylic acids is 1. The van der Waals surface area contributed by atoms with Gasteiger partial charge in [-0.25, -0.2) is 18.5 Å². The van der Waals surface area contributed by atoms with Crippen LogP contribution in [0.1, 0.15) is 42.6 Å². The summed E-state index contributed by atoms with van der Waals surface area (Å²) in [6.07, 6.45) is 1.87. The zero-order valence-corrected chi connectivity index (χ0v) is 19.7. The molecule has 0 aliphatic carbocycles. The molecule has 0 radical (unpaired) electrons. The van der Waals surface area contributed by atoms with Crippen molar-refractivity contribution in [1.29, 1.82) is 0 Å². The Balaban J connectivity index is 1.65. The van der Waals surface area contributed by atoms with Crippen LogP contribution >= 0.6 is 0 Å². The van der Waals surface area contributed by atoms with Gasteiger partial charge in [-0.05, 0) is 35.7 Å². The number of ether oxygens (including phenoxy) is 1. The predicted octanol–water partition coefficient (Wildman–Crippen LogP) is 4.36. The maximum Gasteiger partial charge on any atom is 0.318 e. The van der Waals surface area contributed by atoms with Crippen molar-refractivity contribution < 1.29 is 17.9 Å². The number of nitrogens with zero attached hydrogens (tertiary/aromatic N) is 2. The van der Waals surface area contributed by atoms with Gasteiger partial charge in [-0.1, -0.05) is 74.0 Å². The Bertz CT molecular complexity index is 1340. The van der Waals surface area contributed by atoms with Crippen molar-refractivity contribution in [2.45, 2.75) is 43.7 Å². The van der Waals surface area contributed by atoms with E-state index in [9.17, 15) is 13.2 Å². The first kappa shape index (κ1) is 23.7. The fourth-order valence-corrected chi connectivity index (χ4v) is 4.52. The quantitative estimate of drug-likeness (QED) is 0.361. The smallest absolute Gasteiger partial charge is 0.318 e. The zero-order valence-electron chi connectivity index (χ0n) is 18.9. The fraction of sp³-hybridized carbons (Fsp3) is 0.231. The van der Waals surface area contributed by atoms with E-state index in [0.717, 1.165) is 29.5 Å². The third kappa shape index (κ3) is 5.18. The molecule has 176 valence electrons. The van der Waals surface area contributed by atoms with Crippen molar-refractivity contribution in [1.82, 2.24) is 9.55 Å². The molecule has 34 heavy (non-hydrogen) atoms. The second kappa shape index (κ2) is 10.2. The van der Waals surface area contributed by atoms with Crippen LogP contribution in [0.5, 0.6) is 0 Å². The summed E-state index contributed by atoms with van der Waals surface area (Å²) in [5, 5.41) is 5.28. The van der Waals surface area contributed by atoms with E-state index in [1.165, 1.54) is 12.1 Å². The number of hydrogen-bond donors (Lipinski definition) is 1. The molecule has 8 heteroatoms. The number of nitrogens with two attached hydrogens (primary N) is 1. The Morgan fingerprint density at radius 1 is 1.00 bits per heavy atom. The largest absolute Gasteiger partial charge is 0.457 e. The van der Waals surface area contributed by atoms with Gasteiger partial charge in [0.25, 0.3) is 0 Å². The molecule has 4 aromatic rings. The Kier molecular flexibility index (Phi) is 7.09. The van der Waals surface area contributed by atoms with Crippen molar-refractivity contribution in [3.8, 4) is 0 Å². The summed E-state index contributed by atoms with van der Waals surface area (Å²) in [5.41, 5.74) is 2.96. The summed E-state index contributed by atoms with van der Waals surface area (Å²) in [6, 6.07) is 23.6. The highest BCUT2D eigenvalue weighted by molar-refractivity contribution is 7.89. The molecule has 0 unspecified atom stereocenters. The van der Waals surface area contributed by atoms with Crippen molar-refractivity contribution in [2.75, 3.05) is 0 Å². The van der Waals surface area contributed by atoms with Crippen LogP contribution in [0, 0.1) is 0 Å². The van der Waals surface area contributed by atoms with E-state index in [4.69, 9.17) is 9.88 Å². The molecule has 4 rings (SSSR count). The van der Waals surface area contributed by atoms with E-state index in [1.807, 2.05) is 65.2 Å². The first-order chi connectivity index (χ1) is 16.4. The normalized spacial score (nSPS) is 11.7. The third-order valence-corrected chi connectivity index (χ3v) is 6.62. The number of unbranched alkanes of at least 4 members (excludes halogenated alkanes) is 1. The van der Waals surface area contributed by atoms with Gasteiger partial charge in [0.15, 0.2) is 0 Å². The van der Waals surface area contributed by atoms with Crippen LogP contribution in [0.3, 0.4) is 0 Å². The molecule has 0 saturated carbocycles. The van der Waals surface area contributed by atoms with Crippen LogP contribution in [0.25, 0.3) is 11.0 Å². The second-order valence-corrected chi connectivity index (χ2v) is 9.65. The summed E-state index contributed by atoms with van der Waals surface area (Å²) >= 11 is 0. The molecular formula is C26H27N3O4S. The van der Waals surface area contributed by atoms with Gasteiger partial charge < -0.3 is 9.30 Å². The number of benzene rings is 3. The van der Waals surface area contributed by atoms with E-state index in [-0.39, 0.29) is 17.5 Å². The summed E-state index contributed by atoms with van der Waals surface area (Å²) in [5.74, 6) is -0.384. The number of rotatable bonds is 9. The molecule has 0 aliphatic heterocycles. The van der Waals surface area contributed by atoms with Gasteiger partial charge >= 0.3 is 5.97 Å². The first-order valence-corrected chi connectivity index (χ1v) is 12.7. The number of carbonyl (C=O) groups is 1. The average molecular weight is 478 g/mol. The minimum absolute atomic E-state index is 0.00287. The van der Waals surface area contributed by atoms with Gasteiger partial charge in [0.1, 0.15) is 18.3 Å². The van der Waals surface area contributed by atoms with Crippen LogP contribution in [0.2, 0.25) is 0 Å². The molecule has 0 amide bonds. The maximum absolute atomic E-state index is 13.3. The Hall–Kier alpha value is -3.49. The molecule has 0 saturated heterocycles. The number of hydrogen-bond acceptors (Lipinski definition) is 5. The highest BCUT2D eigenvalue weighted by Gasteiger charge is 2.25. The highest BCUT2D eigenvalue weighted by Crippen LogP contribution is 2.27. The number of aryl methyl sites for hydroxylation is 1. The number of sulfonamides is 1. The minimum atomic E-state index is -3.85. The van der Waals surface area contributed by atoms with Gasteiger partial charge in [-0.2, -0.15) is 0 Å². The highest BCUT2D eigenvalue weighted by atomic mass is 32.2. The van der Waals surface area contributed by atoms with E-state index in [1.54, 1.807) is 6.07 Å². The summed E-state index contributed by atoms with van der Waals surface area (Å²) in [4.78, 5) is 17.9. The van der Waals surface area contributed by atoms with Gasteiger partial charge in [-0.3, -0.25) is 4.79 Å². The molecule has 0 aliphatic rings. The number of fused-ring (bicyclic) bond motifs is 1. The number of imidazole rings is 1. The first-order valence-electron chi connectivity index (χ1n) is 11.2. The summed E-state index contributed by atoms with van der Waals surface area (Å²) in [6.45, 7) is 2.73. The SMILES string of the molecule is CCCCn1c(COC(=O)C(c2ccccc2)c2ccccc2)nc2cc(S(N)(=O)=O)ccc21. The average Bonchev–Trinajstić information content (AvgIpc) is 3.19. The van der Waals surface area contributed by atoms with E-state index in [0.29, 0.717) is 17.9 Å². The Labute approximate surface area is 199 Å². The van der Waals surface area contributed by atoms with Gasteiger partial charge in [0.2, 0.25) is 10.0 Å². The summed E-state index contributed by atoms with van der Waals surface area (Å²) < 4.78 is 31.3. The molecule has 1 heterocycles. The monoisotopic (exact) mass is 477 g/mol. The number of primary sulfonamides is 1. The lowest BCUT2D eigenvalue weighted by Crippen LogP contribution is -2.18. The van der Waals surface area contributed by atoms with E-state index >= 15 is 0 Å². The summed E-state index contributed by atoms with van der Waals surface area (Å²) in [7, 11) is -3.85. The standard InChI is InChI=1S/C26H27N3O4S/c1-2-3-16-29-23-15-14-21(34(27,31)32)17-22(23)28-24(29)18-33-26(30)25(19-10-6-4-7-11-19)20-12-8-5-9-13-20/h4-15,17,25H,2-3,16,18H2,1H3,(H2,27,31,32). The van der Waals surface area contributed by atoms with Gasteiger partial charge in [0.05, 0.1) is 15.9 Å². The van der Waals surface area contributed by atoms with Crippen molar-refractivity contribution >= 4 is 27.0 Å². The van der Waals surface area contributed by atoms with Crippen LogP contribution in [-0.4, -0.2) is 23.9 Å². The lowest BCUT2D eigenvalue weighted by molar-refractivity contribution is -0.146. The second-order valence-electron chi connectivity index (χ2n) is 8.09. The number of esters is 1. The molecule has 1 aromatic heterocycles. The van der Waals surface area contributed by atoms with E-state index in [2.05, 4.69) is 11.9 Å². The van der Waals surface area contributed by atoms with Crippen LogP contribution in [-0.2, 0) is 32.7 Å². The molecule has 0 fully saturated rings. The lowest BCUT2D eigenvalue weighted by Gasteiger charge is -2.17. The van der Waals surface area contributed by atoms with Crippen molar-refractivity contribution in [2.24, 2.45) is 5.14 Å². The maximum atomic E-state index is 13.3. The Morgan fingerprint density at radius 3 is 2.18 bits per heavy atom. The number of aromatic nitrogens is 2. The molecule has 3 aromatic carbocycles. The van der Waals surface area contributed by atoms with E-state index < -0.39 is 15.9 Å². The van der Waals surface area contributed by atoms with Gasteiger partial charge in [-0.15, -0.1) is 0 Å². The fourth-order valence-electron chi connectivity index (χ4n) is 3.99. The van der Waals surface area contributed by atoms with Crippen LogP contribution in [0.4, 0.5) is 0 Å². The molecular weight excluding hydrogens is 450 g/mol. The van der Waals surface area contributed by atoms with Gasteiger partial charge in [0, 0.05) is 6.54 Å². The molecule has 0 bridgehead atoms. The molecule has 7 nitrogen and oxygen atoms in total. The van der Waals surface area contributed by atoms with Crippen LogP contribution in [0.15, 0.2) is 83.8 Å². The molecule has 2 N–H and O–H groups in total. The van der Waals surface area contributed by atoms with Crippen LogP contribution < -0.4 is 5.14 Å². The van der Waals surface area contributed by atoms with Crippen molar-refractivity contribution in [3.63, 3.8) is 0 Å². The predicted molar refractivity (Wildman–Crippen MR) is 131 cm³/mol. The Morgan fingerprint density at radius 2 is 1.62 bits per heavy atom.